The van der Waals surface area contributed by atoms with Crippen LogP contribution in [-0.2, 0) is 0 Å². The van der Waals surface area contributed by atoms with Crippen molar-refractivity contribution in [1.29, 1.82) is 0 Å². The van der Waals surface area contributed by atoms with Crippen molar-refractivity contribution >= 4 is 17.3 Å². The lowest BCUT2D eigenvalue weighted by atomic mass is 10.1. The van der Waals surface area contributed by atoms with Crippen molar-refractivity contribution in [2.24, 2.45) is 0 Å². The number of phenolic OH excluding ortho intramolecular Hbond substituents is 2. The third kappa shape index (κ3) is 2.57. The van der Waals surface area contributed by atoms with Crippen LogP contribution in [0.4, 0.5) is 15.8 Å². The second-order valence-corrected chi connectivity index (χ2v) is 3.86. The molecular weight excluding hydrogens is 251 g/mol. The largest absolute Gasteiger partial charge is 0.508 e. The van der Waals surface area contributed by atoms with E-state index in [2.05, 4.69) is 5.32 Å². The van der Waals surface area contributed by atoms with Gasteiger partial charge in [0.1, 0.15) is 22.9 Å². The highest BCUT2D eigenvalue weighted by Gasteiger charge is 2.17. The van der Waals surface area contributed by atoms with Gasteiger partial charge in [0.15, 0.2) is 0 Å². The Kier molecular flexibility index (Phi) is 3.24. The number of aromatic hydroxyl groups is 2. The molecule has 0 aliphatic heterocycles. The molecule has 0 fully saturated rings. The Morgan fingerprint density at radius 2 is 1.95 bits per heavy atom. The van der Waals surface area contributed by atoms with Gasteiger partial charge in [-0.25, -0.2) is 4.39 Å². The number of hydrogen-bond acceptors (Lipinski definition) is 4. The maximum Gasteiger partial charge on any atom is 0.262 e. The van der Waals surface area contributed by atoms with Crippen LogP contribution in [0.5, 0.6) is 11.5 Å². The van der Waals surface area contributed by atoms with Crippen molar-refractivity contribution in [3.8, 4) is 11.5 Å². The molecule has 0 saturated heterocycles. The molecule has 2 aromatic carbocycles. The van der Waals surface area contributed by atoms with E-state index in [1.54, 1.807) is 0 Å². The third-order valence-electron chi connectivity index (χ3n) is 2.50. The van der Waals surface area contributed by atoms with Crippen LogP contribution in [0.3, 0.4) is 0 Å². The molecule has 2 rings (SSSR count). The molecule has 0 saturated carbocycles. The molecule has 0 aromatic heterocycles. The van der Waals surface area contributed by atoms with Crippen molar-refractivity contribution < 1.29 is 19.4 Å². The maximum atomic E-state index is 13.5. The van der Waals surface area contributed by atoms with Crippen LogP contribution in [0.2, 0.25) is 0 Å². The highest BCUT2D eigenvalue weighted by Crippen LogP contribution is 2.26. The minimum atomic E-state index is -0.838. The Bertz CT molecular complexity index is 624. The molecule has 0 bridgehead atoms. The number of carbonyl (C=O) groups excluding carboxylic acids is 1. The summed E-state index contributed by atoms with van der Waals surface area (Å²) in [6.45, 7) is 0. The second kappa shape index (κ2) is 4.85. The topological polar surface area (TPSA) is 95.6 Å². The molecule has 5 N–H and O–H groups in total. The van der Waals surface area contributed by atoms with Crippen LogP contribution in [-0.4, -0.2) is 16.1 Å². The molecule has 1 amide bonds. The molecule has 19 heavy (non-hydrogen) atoms. The van der Waals surface area contributed by atoms with E-state index >= 15 is 0 Å². The smallest absolute Gasteiger partial charge is 0.262 e. The number of rotatable bonds is 2. The second-order valence-electron chi connectivity index (χ2n) is 3.86. The number of anilines is 2. The van der Waals surface area contributed by atoms with Gasteiger partial charge in [-0.2, -0.15) is 0 Å². The average Bonchev–Trinajstić information content (AvgIpc) is 2.32. The van der Waals surface area contributed by atoms with Gasteiger partial charge in [0, 0.05) is 6.07 Å². The van der Waals surface area contributed by atoms with Crippen molar-refractivity contribution in [2.45, 2.75) is 0 Å². The Labute approximate surface area is 108 Å². The number of halogens is 1. The Morgan fingerprint density at radius 1 is 1.21 bits per heavy atom. The molecule has 0 aliphatic rings. The monoisotopic (exact) mass is 262 g/mol. The summed E-state index contributed by atoms with van der Waals surface area (Å²) in [4.78, 5) is 11.9. The molecule has 0 aliphatic carbocycles. The van der Waals surface area contributed by atoms with Gasteiger partial charge in [-0.15, -0.1) is 0 Å². The van der Waals surface area contributed by atoms with Crippen LogP contribution in [0, 0.1) is 5.82 Å². The first-order valence-corrected chi connectivity index (χ1v) is 5.36. The predicted octanol–water partition coefficient (Wildman–Crippen LogP) is 2.07. The number of nitrogens with two attached hydrogens (primary N) is 1. The van der Waals surface area contributed by atoms with Gasteiger partial charge in [0.05, 0.1) is 11.4 Å². The molecule has 2 aromatic rings. The molecule has 98 valence electrons. The number of hydrogen-bond donors (Lipinski definition) is 4. The lowest BCUT2D eigenvalue weighted by Gasteiger charge is -2.10. The zero-order valence-corrected chi connectivity index (χ0v) is 9.72. The summed E-state index contributed by atoms with van der Waals surface area (Å²) in [6, 6.07) is 7.51. The molecule has 0 heterocycles. The fraction of sp³-hybridized carbons (Fsp3) is 0. The summed E-state index contributed by atoms with van der Waals surface area (Å²) in [7, 11) is 0. The number of phenols is 2. The minimum absolute atomic E-state index is 0.0516. The number of carbonyl (C=O) groups is 1. The van der Waals surface area contributed by atoms with Gasteiger partial charge in [0.25, 0.3) is 5.91 Å². The van der Waals surface area contributed by atoms with Crippen LogP contribution in [0.25, 0.3) is 0 Å². The van der Waals surface area contributed by atoms with Gasteiger partial charge in [-0.05, 0) is 24.3 Å². The van der Waals surface area contributed by atoms with Crippen molar-refractivity contribution in [2.75, 3.05) is 11.1 Å². The van der Waals surface area contributed by atoms with E-state index < -0.39 is 23.0 Å². The lowest BCUT2D eigenvalue weighted by molar-refractivity contribution is 0.102. The molecule has 5 nitrogen and oxygen atoms in total. The Morgan fingerprint density at radius 3 is 2.58 bits per heavy atom. The van der Waals surface area contributed by atoms with E-state index in [0.29, 0.717) is 0 Å². The number of nitrogens with one attached hydrogen (secondary N) is 1. The molecular formula is C13H11FN2O3. The van der Waals surface area contributed by atoms with Gasteiger partial charge < -0.3 is 21.3 Å². The van der Waals surface area contributed by atoms with E-state index in [-0.39, 0.29) is 17.1 Å². The summed E-state index contributed by atoms with van der Waals surface area (Å²) in [5.74, 6) is -2.18. The number of amides is 1. The first kappa shape index (κ1) is 12.7. The van der Waals surface area contributed by atoms with Crippen molar-refractivity contribution in [1.82, 2.24) is 0 Å². The Hall–Kier alpha value is -2.76. The predicted molar refractivity (Wildman–Crippen MR) is 68.5 cm³/mol. The lowest BCUT2D eigenvalue weighted by Crippen LogP contribution is -2.15. The fourth-order valence-electron chi connectivity index (χ4n) is 1.59. The van der Waals surface area contributed by atoms with Crippen LogP contribution in [0.1, 0.15) is 10.4 Å². The summed E-state index contributed by atoms with van der Waals surface area (Å²) < 4.78 is 13.5. The summed E-state index contributed by atoms with van der Waals surface area (Å²) in [5.41, 5.74) is 5.47. The van der Waals surface area contributed by atoms with Gasteiger partial charge >= 0.3 is 0 Å². The minimum Gasteiger partial charge on any atom is -0.508 e. The zero-order valence-electron chi connectivity index (χ0n) is 9.72. The first-order valence-electron chi connectivity index (χ1n) is 5.36. The molecule has 0 atom stereocenters. The van der Waals surface area contributed by atoms with Crippen LogP contribution in [0.15, 0.2) is 36.4 Å². The summed E-state index contributed by atoms with van der Waals surface area (Å²) in [5, 5.41) is 21.0. The zero-order chi connectivity index (χ0) is 14.0. The normalized spacial score (nSPS) is 10.2. The maximum absolute atomic E-state index is 13.5. The number of benzene rings is 2. The quantitative estimate of drug-likeness (QED) is 0.492. The van der Waals surface area contributed by atoms with Crippen LogP contribution >= 0.6 is 0 Å². The highest BCUT2D eigenvalue weighted by atomic mass is 19.1. The summed E-state index contributed by atoms with van der Waals surface area (Å²) >= 11 is 0. The van der Waals surface area contributed by atoms with E-state index in [1.807, 2.05) is 0 Å². The Balaban J connectivity index is 2.31. The van der Waals surface area contributed by atoms with Gasteiger partial charge in [-0.1, -0.05) is 6.07 Å². The SMILES string of the molecule is Nc1cc(O)ccc1NC(=O)c1c(O)cccc1F. The molecule has 0 spiro atoms. The van der Waals surface area contributed by atoms with E-state index in [0.717, 1.165) is 6.07 Å². The first-order chi connectivity index (χ1) is 8.99. The van der Waals surface area contributed by atoms with E-state index in [1.165, 1.54) is 30.3 Å². The van der Waals surface area contributed by atoms with Gasteiger partial charge in [0.2, 0.25) is 0 Å². The average molecular weight is 262 g/mol. The fourth-order valence-corrected chi connectivity index (χ4v) is 1.59. The highest BCUT2D eigenvalue weighted by molar-refractivity contribution is 6.07. The van der Waals surface area contributed by atoms with Crippen molar-refractivity contribution in [3.63, 3.8) is 0 Å². The standard InChI is InChI=1S/C13H11FN2O3/c14-8-2-1-3-11(18)12(8)13(19)16-10-5-4-7(17)6-9(10)15/h1-6,17-18H,15H2,(H,16,19). The third-order valence-corrected chi connectivity index (χ3v) is 2.50. The van der Waals surface area contributed by atoms with E-state index in [9.17, 15) is 19.4 Å². The van der Waals surface area contributed by atoms with Crippen molar-refractivity contribution in [3.05, 3.63) is 47.8 Å². The molecule has 6 heteroatoms. The van der Waals surface area contributed by atoms with E-state index in [4.69, 9.17) is 5.73 Å². The number of nitrogen functional groups attached to an aromatic ring is 1. The molecule has 0 radical (unpaired) electrons. The van der Waals surface area contributed by atoms with Gasteiger partial charge in [-0.3, -0.25) is 4.79 Å². The molecule has 0 unspecified atom stereocenters. The van der Waals surface area contributed by atoms with Crippen LogP contribution < -0.4 is 11.1 Å². The summed E-state index contributed by atoms with van der Waals surface area (Å²) in [6.07, 6.45) is 0.